The van der Waals surface area contributed by atoms with Gasteiger partial charge in [0.25, 0.3) is 5.91 Å². The number of aryl methyl sites for hydroxylation is 1. The Morgan fingerprint density at radius 1 is 0.974 bits per heavy atom. The number of hydrogen-bond acceptors (Lipinski definition) is 4. The van der Waals surface area contributed by atoms with E-state index in [9.17, 15) is 9.59 Å². The van der Waals surface area contributed by atoms with Crippen LogP contribution in [0.15, 0.2) is 99.0 Å². The summed E-state index contributed by atoms with van der Waals surface area (Å²) in [6, 6.07) is 25.6. The van der Waals surface area contributed by atoms with Crippen molar-refractivity contribution in [1.29, 1.82) is 0 Å². The number of carbonyl (C=O) groups excluding carboxylic acids is 2. The number of carbonyl (C=O) groups is 2. The van der Waals surface area contributed by atoms with Crippen molar-refractivity contribution in [3.05, 3.63) is 121 Å². The lowest BCUT2D eigenvalue weighted by Crippen LogP contribution is -2.19. The number of amides is 1. The van der Waals surface area contributed by atoms with E-state index in [1.807, 2.05) is 55.5 Å². The van der Waals surface area contributed by atoms with Gasteiger partial charge in [-0.1, -0.05) is 75.6 Å². The molecule has 1 heterocycles. The molecule has 0 spiro atoms. The molecule has 194 valence electrons. The van der Waals surface area contributed by atoms with Crippen LogP contribution in [0.5, 0.6) is 5.75 Å². The highest BCUT2D eigenvalue weighted by Crippen LogP contribution is 2.35. The van der Waals surface area contributed by atoms with Crippen LogP contribution < -0.4 is 10.2 Å². The van der Waals surface area contributed by atoms with Gasteiger partial charge in [0.1, 0.15) is 5.69 Å². The number of esters is 1. The monoisotopic (exact) mass is 663 g/mol. The van der Waals surface area contributed by atoms with E-state index in [2.05, 4.69) is 47.4 Å². The molecule has 0 saturated carbocycles. The zero-order valence-corrected chi connectivity index (χ0v) is 24.4. The molecule has 0 bridgehead atoms. The maximum absolute atomic E-state index is 13.3. The van der Waals surface area contributed by atoms with E-state index in [4.69, 9.17) is 16.3 Å². The molecular formula is C30H20Br2ClN3O3. The molecule has 1 aromatic heterocycles. The van der Waals surface area contributed by atoms with Crippen LogP contribution in [0.3, 0.4) is 0 Å². The minimum atomic E-state index is -0.510. The van der Waals surface area contributed by atoms with Crippen molar-refractivity contribution < 1.29 is 14.3 Å². The topological polar surface area (TPSA) is 83.5 Å². The van der Waals surface area contributed by atoms with Gasteiger partial charge in [-0.25, -0.2) is 10.2 Å². The fourth-order valence-corrected chi connectivity index (χ4v) is 5.67. The Morgan fingerprint density at radius 2 is 1.77 bits per heavy atom. The lowest BCUT2D eigenvalue weighted by atomic mass is 10.0. The van der Waals surface area contributed by atoms with Crippen molar-refractivity contribution in [2.24, 2.45) is 5.10 Å². The third kappa shape index (κ3) is 5.98. The predicted molar refractivity (Wildman–Crippen MR) is 162 cm³/mol. The number of aromatic amines is 1. The van der Waals surface area contributed by atoms with E-state index in [-0.39, 0.29) is 5.75 Å². The van der Waals surface area contributed by atoms with Crippen LogP contribution in [0.1, 0.15) is 32.0 Å². The van der Waals surface area contributed by atoms with Crippen molar-refractivity contribution in [2.75, 3.05) is 0 Å². The van der Waals surface area contributed by atoms with Crippen LogP contribution in [0.4, 0.5) is 0 Å². The normalized spacial score (nSPS) is 11.2. The van der Waals surface area contributed by atoms with Gasteiger partial charge in [0, 0.05) is 31.5 Å². The molecule has 9 heteroatoms. The molecule has 5 aromatic rings. The second-order valence-corrected chi connectivity index (χ2v) is 10.9. The number of rotatable bonds is 6. The zero-order valence-electron chi connectivity index (χ0n) is 20.5. The first kappa shape index (κ1) is 26.9. The number of ether oxygens (including phenoxy) is 1. The molecule has 39 heavy (non-hydrogen) atoms. The van der Waals surface area contributed by atoms with Crippen molar-refractivity contribution in [3.8, 4) is 16.9 Å². The molecule has 0 unspecified atom stereocenters. The number of aromatic nitrogens is 1. The van der Waals surface area contributed by atoms with E-state index in [1.54, 1.807) is 36.4 Å². The highest BCUT2D eigenvalue weighted by Gasteiger charge is 2.20. The number of hydrazone groups is 1. The summed E-state index contributed by atoms with van der Waals surface area (Å²) in [7, 11) is 0. The number of halogens is 3. The Kier molecular flexibility index (Phi) is 7.97. The molecule has 0 aliphatic heterocycles. The van der Waals surface area contributed by atoms with Gasteiger partial charge in [-0.3, -0.25) is 4.79 Å². The van der Waals surface area contributed by atoms with Crippen molar-refractivity contribution in [1.82, 2.24) is 10.4 Å². The molecule has 0 fully saturated rings. The number of H-pyrrole nitrogens is 1. The predicted octanol–water partition coefficient (Wildman–Crippen LogP) is 8.30. The summed E-state index contributed by atoms with van der Waals surface area (Å²) >= 11 is 13.2. The van der Waals surface area contributed by atoms with Crippen molar-refractivity contribution in [3.63, 3.8) is 0 Å². The van der Waals surface area contributed by atoms with Crippen LogP contribution in [-0.2, 0) is 0 Å². The molecule has 0 aliphatic rings. The maximum atomic E-state index is 13.3. The van der Waals surface area contributed by atoms with Crippen LogP contribution in [0.2, 0.25) is 5.02 Å². The number of fused-ring (bicyclic) bond motifs is 1. The van der Waals surface area contributed by atoms with Crippen molar-refractivity contribution >= 4 is 72.5 Å². The Balaban J connectivity index is 1.44. The van der Waals surface area contributed by atoms with Gasteiger partial charge < -0.3 is 9.72 Å². The first-order valence-corrected chi connectivity index (χ1v) is 13.7. The standard InChI is InChI=1S/C30H20Br2ClN3O3/c1-17-6-5-9-19(12-17)30(38)39-28-20(13-21(31)14-24(28)32)16-34-36-29(37)27-26(18-7-3-2-4-8-18)23-15-22(33)10-11-25(23)35-27/h2-16,35H,1H3,(H,36,37). The second kappa shape index (κ2) is 11.6. The number of nitrogens with zero attached hydrogens (tertiary/aromatic N) is 1. The summed E-state index contributed by atoms with van der Waals surface area (Å²) in [5.74, 6) is -0.678. The summed E-state index contributed by atoms with van der Waals surface area (Å²) in [6.45, 7) is 1.90. The fourth-order valence-electron chi connectivity index (χ4n) is 4.16. The van der Waals surface area contributed by atoms with Crippen molar-refractivity contribution in [2.45, 2.75) is 6.92 Å². The highest BCUT2D eigenvalue weighted by molar-refractivity contribution is 9.11. The van der Waals surface area contributed by atoms with Gasteiger partial charge >= 0.3 is 5.97 Å². The fraction of sp³-hybridized carbons (Fsp3) is 0.0333. The third-order valence-corrected chi connectivity index (χ3v) is 7.19. The van der Waals surface area contributed by atoms with Crippen LogP contribution >= 0.6 is 43.5 Å². The quantitative estimate of drug-likeness (QED) is 0.0829. The van der Waals surface area contributed by atoms with E-state index in [1.165, 1.54) is 6.21 Å². The minimum Gasteiger partial charge on any atom is -0.421 e. The smallest absolute Gasteiger partial charge is 0.343 e. The summed E-state index contributed by atoms with van der Waals surface area (Å²) < 4.78 is 6.99. The largest absolute Gasteiger partial charge is 0.421 e. The lowest BCUT2D eigenvalue weighted by molar-refractivity contribution is 0.0732. The van der Waals surface area contributed by atoms with Crippen LogP contribution in [0.25, 0.3) is 22.0 Å². The van der Waals surface area contributed by atoms with E-state index in [0.717, 1.165) is 32.1 Å². The van der Waals surface area contributed by atoms with Gasteiger partial charge in [-0.15, -0.1) is 0 Å². The molecule has 1 amide bonds. The van der Waals surface area contributed by atoms with Crippen LogP contribution in [-0.4, -0.2) is 23.1 Å². The average molecular weight is 666 g/mol. The van der Waals surface area contributed by atoms with Gasteiger partial charge in [0.15, 0.2) is 5.75 Å². The summed E-state index contributed by atoms with van der Waals surface area (Å²) in [5.41, 5.74) is 7.13. The molecule has 0 saturated heterocycles. The van der Waals surface area contributed by atoms with Gasteiger partial charge in [0.2, 0.25) is 0 Å². The molecule has 0 aliphatic carbocycles. The van der Waals surface area contributed by atoms with E-state index in [0.29, 0.717) is 26.3 Å². The number of hydrogen-bond donors (Lipinski definition) is 2. The van der Waals surface area contributed by atoms with E-state index >= 15 is 0 Å². The first-order valence-electron chi connectivity index (χ1n) is 11.8. The third-order valence-electron chi connectivity index (χ3n) is 5.91. The average Bonchev–Trinajstić information content (AvgIpc) is 3.29. The Bertz CT molecular complexity index is 1750. The van der Waals surface area contributed by atoms with Gasteiger partial charge in [-0.05, 0) is 70.9 Å². The molecule has 0 atom stereocenters. The minimum absolute atomic E-state index is 0.271. The SMILES string of the molecule is Cc1cccc(C(=O)Oc2c(Br)cc(Br)cc2C=NNC(=O)c2[nH]c3ccc(Cl)cc3c2-c2ccccc2)c1. The first-order chi connectivity index (χ1) is 18.8. The summed E-state index contributed by atoms with van der Waals surface area (Å²) in [4.78, 5) is 29.3. The second-order valence-electron chi connectivity index (χ2n) is 8.70. The molecule has 0 radical (unpaired) electrons. The Morgan fingerprint density at radius 3 is 2.54 bits per heavy atom. The molecular weight excluding hydrogens is 646 g/mol. The Labute approximate surface area is 246 Å². The number of benzene rings is 4. The molecule has 5 rings (SSSR count). The van der Waals surface area contributed by atoms with Crippen LogP contribution in [0, 0.1) is 6.92 Å². The Hall–Kier alpha value is -3.72. The molecule has 2 N–H and O–H groups in total. The summed E-state index contributed by atoms with van der Waals surface area (Å²) in [5, 5.41) is 5.56. The number of nitrogens with one attached hydrogen (secondary N) is 2. The summed E-state index contributed by atoms with van der Waals surface area (Å²) in [6.07, 6.45) is 1.42. The maximum Gasteiger partial charge on any atom is 0.343 e. The molecule has 4 aromatic carbocycles. The van der Waals surface area contributed by atoms with Gasteiger partial charge in [0.05, 0.1) is 16.3 Å². The van der Waals surface area contributed by atoms with E-state index < -0.39 is 11.9 Å². The highest BCUT2D eigenvalue weighted by atomic mass is 79.9. The molecule has 6 nitrogen and oxygen atoms in total. The lowest BCUT2D eigenvalue weighted by Gasteiger charge is -2.11. The van der Waals surface area contributed by atoms with Gasteiger partial charge in [-0.2, -0.15) is 5.10 Å². The zero-order chi connectivity index (χ0) is 27.5.